The molecule has 0 N–H and O–H groups in total. The first-order valence-electron chi connectivity index (χ1n) is 6.33. The first kappa shape index (κ1) is 12.4. The molecule has 1 aliphatic carbocycles. The van der Waals surface area contributed by atoms with Gasteiger partial charge in [-0.25, -0.2) is 4.98 Å². The molecule has 96 valence electrons. The Bertz CT molecular complexity index is 560. The number of hydrogen-bond donors (Lipinski definition) is 0. The second kappa shape index (κ2) is 4.78. The fourth-order valence-electron chi connectivity index (χ4n) is 2.43. The van der Waals surface area contributed by atoms with Crippen LogP contribution in [0, 0.1) is 0 Å². The van der Waals surface area contributed by atoms with E-state index in [0.717, 1.165) is 24.3 Å². The maximum Gasteiger partial charge on any atom is 0.111 e. The number of alkyl halides is 1. The van der Waals surface area contributed by atoms with Gasteiger partial charge in [0.05, 0.1) is 11.0 Å². The van der Waals surface area contributed by atoms with E-state index in [2.05, 4.69) is 29.0 Å². The molecule has 0 radical (unpaired) electrons. The van der Waals surface area contributed by atoms with Crippen molar-refractivity contribution in [3.63, 3.8) is 0 Å². The van der Waals surface area contributed by atoms with Crippen LogP contribution in [0.15, 0.2) is 24.3 Å². The fraction of sp³-hybridized carbons (Fsp3) is 0.500. The average Bonchev–Trinajstić information content (AvgIpc) is 3.09. The zero-order valence-electron chi connectivity index (χ0n) is 10.5. The number of para-hydroxylation sites is 2. The molecule has 1 aromatic heterocycles. The first-order chi connectivity index (χ1) is 8.78. The van der Waals surface area contributed by atoms with Crippen LogP contribution in [-0.2, 0) is 13.0 Å². The van der Waals surface area contributed by atoms with Gasteiger partial charge >= 0.3 is 0 Å². The summed E-state index contributed by atoms with van der Waals surface area (Å²) in [6, 6.07) is 8.38. The number of rotatable bonds is 5. The molecule has 0 saturated heterocycles. The van der Waals surface area contributed by atoms with E-state index >= 15 is 0 Å². The molecule has 4 heteroatoms. The highest BCUT2D eigenvalue weighted by Gasteiger charge is 2.42. The molecular weight excluding hydrogens is 264 g/mol. The number of fused-ring (bicyclic) bond motifs is 1. The van der Waals surface area contributed by atoms with Crippen LogP contribution in [0.25, 0.3) is 11.0 Å². The minimum Gasteiger partial charge on any atom is -0.327 e. The first-order valence-corrected chi connectivity index (χ1v) is 8.09. The molecule has 1 saturated carbocycles. The quantitative estimate of drug-likeness (QED) is 0.777. The van der Waals surface area contributed by atoms with Crippen molar-refractivity contribution in [2.75, 3.05) is 12.1 Å². The molecule has 0 unspecified atom stereocenters. The summed E-state index contributed by atoms with van der Waals surface area (Å²) in [5.41, 5.74) is 2.34. The van der Waals surface area contributed by atoms with E-state index in [1.807, 2.05) is 17.8 Å². The molecule has 0 spiro atoms. The summed E-state index contributed by atoms with van der Waals surface area (Å²) >= 11 is 7.89. The van der Waals surface area contributed by atoms with Gasteiger partial charge in [-0.05, 0) is 31.2 Å². The minimum absolute atomic E-state index is 0.449. The topological polar surface area (TPSA) is 17.8 Å². The van der Waals surface area contributed by atoms with Crippen molar-refractivity contribution < 1.29 is 0 Å². The maximum absolute atomic E-state index is 5.90. The third-order valence-electron chi connectivity index (χ3n) is 3.74. The molecule has 2 aromatic rings. The van der Waals surface area contributed by atoms with Crippen molar-refractivity contribution in [1.82, 2.24) is 9.55 Å². The Balaban J connectivity index is 2.03. The average molecular weight is 281 g/mol. The van der Waals surface area contributed by atoms with Gasteiger partial charge in [0, 0.05) is 23.6 Å². The second-order valence-corrected chi connectivity index (χ2v) is 6.58. The summed E-state index contributed by atoms with van der Waals surface area (Å²) in [5, 5.41) is 0. The molecule has 18 heavy (non-hydrogen) atoms. The van der Waals surface area contributed by atoms with E-state index in [1.165, 1.54) is 18.4 Å². The van der Waals surface area contributed by atoms with Crippen molar-refractivity contribution in [3.8, 4) is 0 Å². The van der Waals surface area contributed by atoms with E-state index in [0.29, 0.717) is 10.6 Å². The van der Waals surface area contributed by atoms with Gasteiger partial charge in [0.25, 0.3) is 0 Å². The molecule has 1 heterocycles. The number of imidazole rings is 1. The van der Waals surface area contributed by atoms with Gasteiger partial charge in [-0.15, -0.1) is 11.6 Å². The molecular formula is C14H17ClN2S. The van der Waals surface area contributed by atoms with Gasteiger partial charge in [0.15, 0.2) is 0 Å². The minimum atomic E-state index is 0.449. The Hall–Kier alpha value is -0.670. The summed E-state index contributed by atoms with van der Waals surface area (Å²) in [6.07, 6.45) is 5.70. The fourth-order valence-corrected chi connectivity index (χ4v) is 3.37. The standard InChI is InChI=1S/C14H17ClN2S/c1-18-14(7-8-14)10-17-12-5-3-2-4-11(12)16-13(17)6-9-15/h2-5H,6-10H2,1H3. The smallest absolute Gasteiger partial charge is 0.111 e. The van der Waals surface area contributed by atoms with E-state index < -0.39 is 0 Å². The molecule has 1 aromatic carbocycles. The van der Waals surface area contributed by atoms with E-state index in [1.54, 1.807) is 0 Å². The summed E-state index contributed by atoms with van der Waals surface area (Å²) in [5.74, 6) is 1.77. The van der Waals surface area contributed by atoms with Crippen LogP contribution in [0.4, 0.5) is 0 Å². The van der Waals surface area contributed by atoms with Crippen LogP contribution in [-0.4, -0.2) is 26.4 Å². The molecule has 3 rings (SSSR count). The number of thioether (sulfide) groups is 1. The summed E-state index contributed by atoms with van der Waals surface area (Å²) in [4.78, 5) is 4.72. The summed E-state index contributed by atoms with van der Waals surface area (Å²) < 4.78 is 2.83. The molecule has 1 fully saturated rings. The third kappa shape index (κ3) is 2.14. The molecule has 0 atom stereocenters. The molecule has 1 aliphatic rings. The van der Waals surface area contributed by atoms with Crippen LogP contribution in [0.3, 0.4) is 0 Å². The zero-order valence-corrected chi connectivity index (χ0v) is 12.1. The Morgan fingerprint density at radius 3 is 2.83 bits per heavy atom. The van der Waals surface area contributed by atoms with Gasteiger partial charge < -0.3 is 4.57 Å². The number of halogens is 1. The lowest BCUT2D eigenvalue weighted by molar-refractivity contribution is 0.645. The van der Waals surface area contributed by atoms with Crippen molar-refractivity contribution in [2.45, 2.75) is 30.6 Å². The normalized spacial score (nSPS) is 17.2. The Morgan fingerprint density at radius 2 is 2.17 bits per heavy atom. The van der Waals surface area contributed by atoms with Gasteiger partial charge in [-0.2, -0.15) is 11.8 Å². The molecule has 0 aliphatic heterocycles. The Morgan fingerprint density at radius 1 is 1.39 bits per heavy atom. The number of benzene rings is 1. The Kier molecular flexibility index (Phi) is 3.29. The van der Waals surface area contributed by atoms with E-state index in [9.17, 15) is 0 Å². The predicted octanol–water partition coefficient (Wildman–Crippen LogP) is 3.71. The van der Waals surface area contributed by atoms with Crippen LogP contribution in [0.2, 0.25) is 0 Å². The maximum atomic E-state index is 5.90. The van der Waals surface area contributed by atoms with Crippen LogP contribution in [0.5, 0.6) is 0 Å². The largest absolute Gasteiger partial charge is 0.327 e. The number of aromatic nitrogens is 2. The number of hydrogen-bond acceptors (Lipinski definition) is 2. The SMILES string of the molecule is CSC1(Cn2c(CCCl)nc3ccccc32)CC1. The van der Waals surface area contributed by atoms with Gasteiger partial charge in [0.1, 0.15) is 5.82 Å². The summed E-state index contributed by atoms with van der Waals surface area (Å²) in [6.45, 7) is 1.07. The van der Waals surface area contributed by atoms with Crippen LogP contribution < -0.4 is 0 Å². The monoisotopic (exact) mass is 280 g/mol. The zero-order chi connectivity index (χ0) is 12.6. The van der Waals surface area contributed by atoms with Crippen LogP contribution in [0.1, 0.15) is 18.7 Å². The van der Waals surface area contributed by atoms with Crippen molar-refractivity contribution in [3.05, 3.63) is 30.1 Å². The van der Waals surface area contributed by atoms with Crippen molar-refractivity contribution in [2.24, 2.45) is 0 Å². The highest BCUT2D eigenvalue weighted by atomic mass is 35.5. The van der Waals surface area contributed by atoms with Gasteiger partial charge in [-0.1, -0.05) is 12.1 Å². The lowest BCUT2D eigenvalue weighted by atomic mass is 10.3. The summed E-state index contributed by atoms with van der Waals surface area (Å²) in [7, 11) is 0. The van der Waals surface area contributed by atoms with Gasteiger partial charge in [-0.3, -0.25) is 0 Å². The van der Waals surface area contributed by atoms with Crippen molar-refractivity contribution >= 4 is 34.4 Å². The van der Waals surface area contributed by atoms with Crippen LogP contribution >= 0.6 is 23.4 Å². The van der Waals surface area contributed by atoms with Gasteiger partial charge in [0.2, 0.25) is 0 Å². The number of aryl methyl sites for hydroxylation is 1. The lowest BCUT2D eigenvalue weighted by Gasteiger charge is -2.16. The second-order valence-electron chi connectivity index (χ2n) is 4.93. The van der Waals surface area contributed by atoms with Crippen molar-refractivity contribution in [1.29, 1.82) is 0 Å². The third-order valence-corrected chi connectivity index (χ3v) is 5.33. The van der Waals surface area contributed by atoms with E-state index in [4.69, 9.17) is 16.6 Å². The molecule has 2 nitrogen and oxygen atoms in total. The predicted molar refractivity (Wildman–Crippen MR) is 79.6 cm³/mol. The molecule has 0 amide bonds. The molecule has 0 bridgehead atoms. The number of nitrogens with zero attached hydrogens (tertiary/aromatic N) is 2. The highest BCUT2D eigenvalue weighted by molar-refractivity contribution is 8.00. The van der Waals surface area contributed by atoms with E-state index in [-0.39, 0.29) is 0 Å². The lowest BCUT2D eigenvalue weighted by Crippen LogP contribution is -2.16. The Labute approximate surface area is 117 Å². The highest BCUT2D eigenvalue weighted by Crippen LogP contribution is 2.49.